The first kappa shape index (κ1) is 14.9. The van der Waals surface area contributed by atoms with Gasteiger partial charge in [0.2, 0.25) is 0 Å². The summed E-state index contributed by atoms with van der Waals surface area (Å²) in [6.45, 7) is 6.07. The maximum atomic E-state index is 11.5. The molecule has 4 heteroatoms. The van der Waals surface area contributed by atoms with E-state index in [2.05, 4.69) is 0 Å². The van der Waals surface area contributed by atoms with Crippen LogP contribution in [0.4, 0.5) is 0 Å². The number of esters is 1. The molecular weight excluding hydrogens is 208 g/mol. The van der Waals surface area contributed by atoms with Gasteiger partial charge in [-0.2, -0.15) is 0 Å². The molecule has 4 nitrogen and oxygen atoms in total. The molecule has 0 atom stereocenters. The number of carboxylic acid groups (broad SMARTS) is 1. The molecule has 0 aromatic rings. The van der Waals surface area contributed by atoms with Crippen molar-refractivity contribution in [2.75, 3.05) is 6.61 Å². The number of unbranched alkanes of at least 4 members (excludes halogenated alkanes) is 2. The number of carbonyl (C=O) groups excluding carboxylic acids is 1. The summed E-state index contributed by atoms with van der Waals surface area (Å²) in [4.78, 5) is 21.7. The van der Waals surface area contributed by atoms with Gasteiger partial charge in [0.25, 0.3) is 0 Å². The van der Waals surface area contributed by atoms with Crippen LogP contribution in [0.2, 0.25) is 0 Å². The highest BCUT2D eigenvalue weighted by Crippen LogP contribution is 2.21. The molecule has 0 aromatic heterocycles. The highest BCUT2D eigenvalue weighted by Gasteiger charge is 2.26. The largest absolute Gasteiger partial charge is 0.481 e. The van der Waals surface area contributed by atoms with Crippen LogP contribution in [0.5, 0.6) is 0 Å². The molecule has 0 aliphatic heterocycles. The van der Waals surface area contributed by atoms with Gasteiger partial charge in [0.15, 0.2) is 0 Å². The van der Waals surface area contributed by atoms with Crippen LogP contribution >= 0.6 is 0 Å². The highest BCUT2D eigenvalue weighted by molar-refractivity contribution is 5.75. The molecule has 0 spiro atoms. The minimum absolute atomic E-state index is 0.173. The Bertz CT molecular complexity index is 233. The summed E-state index contributed by atoms with van der Waals surface area (Å²) < 4.78 is 5.12. The van der Waals surface area contributed by atoms with E-state index in [1.165, 1.54) is 0 Å². The van der Waals surface area contributed by atoms with Crippen LogP contribution < -0.4 is 0 Å². The SMILES string of the molecule is CCC(C)(C)C(=O)OCCCCCC(=O)O. The van der Waals surface area contributed by atoms with Crippen LogP contribution in [-0.2, 0) is 14.3 Å². The topological polar surface area (TPSA) is 63.6 Å². The lowest BCUT2D eigenvalue weighted by Crippen LogP contribution is -2.26. The van der Waals surface area contributed by atoms with Gasteiger partial charge in [0, 0.05) is 6.42 Å². The molecule has 0 heterocycles. The smallest absolute Gasteiger partial charge is 0.311 e. The minimum Gasteiger partial charge on any atom is -0.481 e. The number of rotatable bonds is 8. The zero-order chi connectivity index (χ0) is 12.6. The number of carboxylic acids is 1. The molecule has 0 fully saturated rings. The zero-order valence-corrected chi connectivity index (χ0v) is 10.4. The van der Waals surface area contributed by atoms with E-state index in [0.29, 0.717) is 13.0 Å². The van der Waals surface area contributed by atoms with Gasteiger partial charge < -0.3 is 9.84 Å². The van der Waals surface area contributed by atoms with Crippen molar-refractivity contribution in [1.29, 1.82) is 0 Å². The molecular formula is C12H22O4. The quantitative estimate of drug-likeness (QED) is 0.514. The first-order valence-electron chi connectivity index (χ1n) is 5.79. The first-order chi connectivity index (χ1) is 7.40. The van der Waals surface area contributed by atoms with E-state index in [1.807, 2.05) is 20.8 Å². The summed E-state index contributed by atoms with van der Waals surface area (Å²) in [5.41, 5.74) is -0.416. The Hall–Kier alpha value is -1.06. The van der Waals surface area contributed by atoms with Crippen molar-refractivity contribution >= 4 is 11.9 Å². The third kappa shape index (κ3) is 6.43. The summed E-state index contributed by atoms with van der Waals surface area (Å²) in [5.74, 6) is -0.947. The predicted octanol–water partition coefficient (Wildman–Crippen LogP) is 2.61. The molecule has 1 N–H and O–H groups in total. The van der Waals surface area contributed by atoms with E-state index in [9.17, 15) is 9.59 Å². The van der Waals surface area contributed by atoms with Crippen molar-refractivity contribution in [1.82, 2.24) is 0 Å². The van der Waals surface area contributed by atoms with Crippen LogP contribution in [0.3, 0.4) is 0 Å². The molecule has 0 aliphatic rings. The average molecular weight is 230 g/mol. The molecule has 16 heavy (non-hydrogen) atoms. The lowest BCUT2D eigenvalue weighted by Gasteiger charge is -2.20. The van der Waals surface area contributed by atoms with Crippen molar-refractivity contribution < 1.29 is 19.4 Å². The van der Waals surface area contributed by atoms with E-state index in [1.54, 1.807) is 0 Å². The van der Waals surface area contributed by atoms with Gasteiger partial charge in [-0.1, -0.05) is 6.92 Å². The summed E-state index contributed by atoms with van der Waals surface area (Å²) in [7, 11) is 0. The highest BCUT2D eigenvalue weighted by atomic mass is 16.5. The molecule has 0 saturated carbocycles. The van der Waals surface area contributed by atoms with Gasteiger partial charge in [-0.25, -0.2) is 0 Å². The minimum atomic E-state index is -0.774. The number of hydrogen-bond donors (Lipinski definition) is 1. The number of ether oxygens (including phenoxy) is 1. The first-order valence-corrected chi connectivity index (χ1v) is 5.79. The van der Waals surface area contributed by atoms with E-state index in [-0.39, 0.29) is 12.4 Å². The molecule has 0 radical (unpaired) electrons. The van der Waals surface area contributed by atoms with E-state index in [0.717, 1.165) is 19.3 Å². The normalized spacial score (nSPS) is 11.2. The molecule has 0 saturated heterocycles. The Kier molecular flexibility index (Phi) is 6.77. The van der Waals surface area contributed by atoms with Crippen molar-refractivity contribution in [3.63, 3.8) is 0 Å². The summed E-state index contributed by atoms with van der Waals surface area (Å²) in [6.07, 6.45) is 3.11. The maximum Gasteiger partial charge on any atom is 0.311 e. The Labute approximate surface area is 97.0 Å². The molecule has 0 rings (SSSR count). The van der Waals surface area contributed by atoms with Crippen LogP contribution in [-0.4, -0.2) is 23.7 Å². The molecule has 0 unspecified atom stereocenters. The number of carbonyl (C=O) groups is 2. The van der Waals surface area contributed by atoms with Crippen LogP contribution in [0.25, 0.3) is 0 Å². The monoisotopic (exact) mass is 230 g/mol. The average Bonchev–Trinajstić information content (AvgIpc) is 2.22. The molecule has 94 valence electrons. The molecule has 0 amide bonds. The number of hydrogen-bond acceptors (Lipinski definition) is 3. The van der Waals surface area contributed by atoms with E-state index < -0.39 is 11.4 Å². The van der Waals surface area contributed by atoms with Crippen molar-refractivity contribution in [2.24, 2.45) is 5.41 Å². The fourth-order valence-electron chi connectivity index (χ4n) is 1.06. The van der Waals surface area contributed by atoms with Crippen LogP contribution in [0.1, 0.15) is 52.9 Å². The van der Waals surface area contributed by atoms with Gasteiger partial charge in [-0.15, -0.1) is 0 Å². The Balaban J connectivity index is 3.52. The number of aliphatic carboxylic acids is 1. The lowest BCUT2D eigenvalue weighted by molar-refractivity contribution is -0.154. The molecule has 0 aromatic carbocycles. The van der Waals surface area contributed by atoms with Gasteiger partial charge in [0.1, 0.15) is 0 Å². The van der Waals surface area contributed by atoms with Crippen molar-refractivity contribution in [3.8, 4) is 0 Å². The summed E-state index contributed by atoms with van der Waals surface area (Å²) >= 11 is 0. The van der Waals surface area contributed by atoms with Crippen molar-refractivity contribution in [2.45, 2.75) is 52.9 Å². The third-order valence-corrected chi connectivity index (χ3v) is 2.70. The summed E-state index contributed by atoms with van der Waals surface area (Å²) in [5, 5.41) is 8.41. The predicted molar refractivity (Wildman–Crippen MR) is 61.1 cm³/mol. The molecule has 0 aliphatic carbocycles. The van der Waals surface area contributed by atoms with Crippen LogP contribution in [0, 0.1) is 5.41 Å². The second kappa shape index (κ2) is 7.25. The van der Waals surface area contributed by atoms with E-state index in [4.69, 9.17) is 9.84 Å². The van der Waals surface area contributed by atoms with Gasteiger partial charge >= 0.3 is 11.9 Å². The maximum absolute atomic E-state index is 11.5. The lowest BCUT2D eigenvalue weighted by atomic mass is 9.91. The zero-order valence-electron chi connectivity index (χ0n) is 10.4. The third-order valence-electron chi connectivity index (χ3n) is 2.70. The fraction of sp³-hybridized carbons (Fsp3) is 0.833. The Morgan fingerprint density at radius 3 is 2.31 bits per heavy atom. The van der Waals surface area contributed by atoms with Gasteiger partial charge in [0.05, 0.1) is 12.0 Å². The Morgan fingerprint density at radius 2 is 1.81 bits per heavy atom. The van der Waals surface area contributed by atoms with Crippen LogP contribution in [0.15, 0.2) is 0 Å². The van der Waals surface area contributed by atoms with Gasteiger partial charge in [-0.3, -0.25) is 9.59 Å². The second-order valence-electron chi connectivity index (χ2n) is 4.58. The standard InChI is InChI=1S/C12H22O4/c1-4-12(2,3)11(15)16-9-7-5-6-8-10(13)14/h4-9H2,1-3H3,(H,13,14). The van der Waals surface area contributed by atoms with Gasteiger partial charge in [-0.05, 0) is 39.5 Å². The Morgan fingerprint density at radius 1 is 1.19 bits per heavy atom. The molecule has 0 bridgehead atoms. The van der Waals surface area contributed by atoms with Crippen molar-refractivity contribution in [3.05, 3.63) is 0 Å². The second-order valence-corrected chi connectivity index (χ2v) is 4.58. The fourth-order valence-corrected chi connectivity index (χ4v) is 1.06. The summed E-state index contributed by atoms with van der Waals surface area (Å²) in [6, 6.07) is 0. The van der Waals surface area contributed by atoms with E-state index >= 15 is 0 Å².